The third-order valence-corrected chi connectivity index (χ3v) is 4.71. The van der Waals surface area contributed by atoms with Gasteiger partial charge in [-0.3, -0.25) is 0 Å². The van der Waals surface area contributed by atoms with E-state index in [9.17, 15) is 0 Å². The molecule has 0 aliphatic rings. The van der Waals surface area contributed by atoms with Gasteiger partial charge in [-0.1, -0.05) is 39.3 Å². The predicted molar refractivity (Wildman–Crippen MR) is 105 cm³/mol. The molecule has 2 aromatic carbocycles. The molecule has 0 saturated heterocycles. The zero-order valence-corrected chi connectivity index (χ0v) is 15.7. The van der Waals surface area contributed by atoms with Crippen molar-refractivity contribution in [1.82, 2.24) is 0 Å². The first-order valence-electron chi connectivity index (χ1n) is 8.34. The van der Waals surface area contributed by atoms with E-state index in [0.29, 0.717) is 6.71 Å². The molecular weight excluding hydrogens is 295 g/mol. The van der Waals surface area contributed by atoms with Crippen LogP contribution in [-0.4, -0.2) is 20.9 Å². The van der Waals surface area contributed by atoms with Crippen molar-refractivity contribution in [1.29, 1.82) is 0 Å². The minimum atomic E-state index is 0.291. The highest BCUT2D eigenvalue weighted by molar-refractivity contribution is 6.86. The van der Waals surface area contributed by atoms with Crippen LogP contribution in [0.25, 0.3) is 0 Å². The zero-order valence-electron chi connectivity index (χ0n) is 15.7. The van der Waals surface area contributed by atoms with Gasteiger partial charge >= 0.3 is 0 Å². The third-order valence-electron chi connectivity index (χ3n) is 4.71. The largest absolute Gasteiger partial charge is 0.497 e. The Morgan fingerprint density at radius 2 is 1.12 bits per heavy atom. The summed E-state index contributed by atoms with van der Waals surface area (Å²) < 4.78 is 10.8. The number of allylic oxidation sites excluding steroid dienone is 1. The van der Waals surface area contributed by atoms with E-state index < -0.39 is 0 Å². The molecule has 3 heteroatoms. The van der Waals surface area contributed by atoms with Crippen LogP contribution in [0.3, 0.4) is 0 Å². The van der Waals surface area contributed by atoms with Gasteiger partial charge in [0, 0.05) is 0 Å². The Hall–Kier alpha value is -2.16. The lowest BCUT2D eigenvalue weighted by atomic mass is 9.36. The summed E-state index contributed by atoms with van der Waals surface area (Å²) in [6.07, 6.45) is 2.92. The zero-order chi connectivity index (χ0) is 17.9. The minimum absolute atomic E-state index is 0.291. The molecule has 2 nitrogen and oxygen atoms in total. The van der Waals surface area contributed by atoms with Gasteiger partial charge in [0.1, 0.15) is 11.5 Å². The summed E-state index contributed by atoms with van der Waals surface area (Å²) in [5, 5.41) is 0. The molecule has 0 N–H and O–H groups in total. The summed E-state index contributed by atoms with van der Waals surface area (Å²) in [4.78, 5) is 0. The fourth-order valence-electron chi connectivity index (χ4n) is 3.75. The molecule has 0 amide bonds. The van der Waals surface area contributed by atoms with E-state index in [-0.39, 0.29) is 0 Å². The standard InChI is InChI=1S/C21H27BO2/c1-8-9-22(20-14(2)10-18(23-6)11-15(20)3)21-16(4)12-19(24-7)13-17(21)5/h8,10-13H,1,9H2,2-7H3. The molecular formula is C21H27BO2. The van der Waals surface area contributed by atoms with E-state index >= 15 is 0 Å². The van der Waals surface area contributed by atoms with Gasteiger partial charge in [-0.15, -0.1) is 6.58 Å². The van der Waals surface area contributed by atoms with Crippen LogP contribution < -0.4 is 20.4 Å². The third kappa shape index (κ3) is 3.50. The molecule has 0 fully saturated rings. The fraction of sp³-hybridized carbons (Fsp3) is 0.333. The molecule has 0 saturated carbocycles. The van der Waals surface area contributed by atoms with Crippen LogP contribution in [-0.2, 0) is 0 Å². The van der Waals surface area contributed by atoms with Crippen molar-refractivity contribution in [2.75, 3.05) is 14.2 Å². The molecule has 0 unspecified atom stereocenters. The first kappa shape index (κ1) is 18.2. The summed E-state index contributed by atoms with van der Waals surface area (Å²) in [5.41, 5.74) is 7.77. The summed E-state index contributed by atoms with van der Waals surface area (Å²) in [7, 11) is 3.43. The van der Waals surface area contributed by atoms with Gasteiger partial charge in [0.25, 0.3) is 0 Å². The van der Waals surface area contributed by atoms with Crippen molar-refractivity contribution in [3.05, 3.63) is 59.2 Å². The molecule has 0 aromatic heterocycles. The Morgan fingerprint density at radius 1 is 0.792 bits per heavy atom. The maximum atomic E-state index is 5.42. The van der Waals surface area contributed by atoms with Gasteiger partial charge in [0.05, 0.1) is 14.2 Å². The second kappa shape index (κ2) is 7.61. The Bertz CT molecular complexity index is 644. The molecule has 0 atom stereocenters. The molecule has 0 spiro atoms. The Morgan fingerprint density at radius 3 is 1.38 bits per heavy atom. The Balaban J connectivity index is 2.66. The molecule has 2 rings (SSSR count). The average Bonchev–Trinajstić information content (AvgIpc) is 2.53. The molecule has 0 bridgehead atoms. The van der Waals surface area contributed by atoms with Gasteiger partial charge in [0.2, 0.25) is 6.71 Å². The summed E-state index contributed by atoms with van der Waals surface area (Å²) in [6.45, 7) is 12.9. The van der Waals surface area contributed by atoms with E-state index in [1.54, 1.807) is 14.2 Å². The van der Waals surface area contributed by atoms with Crippen molar-refractivity contribution in [2.24, 2.45) is 0 Å². The second-order valence-electron chi connectivity index (χ2n) is 6.43. The normalized spacial score (nSPS) is 10.4. The van der Waals surface area contributed by atoms with Gasteiger partial charge in [-0.05, 0) is 58.3 Å². The van der Waals surface area contributed by atoms with E-state index in [1.165, 1.54) is 33.2 Å². The van der Waals surface area contributed by atoms with Crippen LogP contribution in [0.5, 0.6) is 11.5 Å². The number of hydrogen-bond acceptors (Lipinski definition) is 2. The fourth-order valence-corrected chi connectivity index (χ4v) is 3.75. The quantitative estimate of drug-likeness (QED) is 0.596. The first-order chi connectivity index (χ1) is 11.4. The van der Waals surface area contributed by atoms with E-state index in [1.807, 2.05) is 6.08 Å². The van der Waals surface area contributed by atoms with Crippen molar-refractivity contribution < 1.29 is 9.47 Å². The van der Waals surface area contributed by atoms with E-state index in [2.05, 4.69) is 58.5 Å². The van der Waals surface area contributed by atoms with Crippen LogP contribution in [0, 0.1) is 27.7 Å². The monoisotopic (exact) mass is 322 g/mol. The van der Waals surface area contributed by atoms with Crippen molar-refractivity contribution in [3.8, 4) is 11.5 Å². The van der Waals surface area contributed by atoms with E-state index in [4.69, 9.17) is 9.47 Å². The van der Waals surface area contributed by atoms with Crippen LogP contribution in [0.15, 0.2) is 36.9 Å². The molecule has 24 heavy (non-hydrogen) atoms. The lowest BCUT2D eigenvalue weighted by Gasteiger charge is -2.23. The number of methoxy groups -OCH3 is 2. The summed E-state index contributed by atoms with van der Waals surface area (Å²) >= 11 is 0. The van der Waals surface area contributed by atoms with Crippen molar-refractivity contribution in [2.45, 2.75) is 34.0 Å². The predicted octanol–water partition coefficient (Wildman–Crippen LogP) is 3.73. The summed E-state index contributed by atoms with van der Waals surface area (Å²) in [6, 6.07) is 8.47. The topological polar surface area (TPSA) is 18.5 Å². The molecule has 0 aliphatic heterocycles. The lowest BCUT2D eigenvalue weighted by molar-refractivity contribution is 0.414. The highest BCUT2D eigenvalue weighted by Gasteiger charge is 2.25. The first-order valence-corrected chi connectivity index (χ1v) is 8.34. The number of benzene rings is 2. The van der Waals surface area contributed by atoms with Gasteiger partial charge in [0.15, 0.2) is 0 Å². The SMILES string of the molecule is C=CCB(c1c(C)cc(OC)cc1C)c1c(C)cc(OC)cc1C. The molecule has 2 aromatic rings. The molecule has 0 aliphatic carbocycles. The summed E-state index contributed by atoms with van der Waals surface area (Å²) in [5.74, 6) is 1.82. The van der Waals surface area contributed by atoms with Crippen LogP contribution in [0.2, 0.25) is 6.32 Å². The highest BCUT2D eigenvalue weighted by Crippen LogP contribution is 2.20. The lowest BCUT2D eigenvalue weighted by Crippen LogP contribution is -2.46. The van der Waals surface area contributed by atoms with E-state index in [0.717, 1.165) is 17.8 Å². The van der Waals surface area contributed by atoms with Crippen LogP contribution in [0.4, 0.5) is 0 Å². The Kier molecular flexibility index (Phi) is 5.77. The van der Waals surface area contributed by atoms with Crippen LogP contribution in [0.1, 0.15) is 22.3 Å². The number of rotatable bonds is 6. The smallest absolute Gasteiger partial charge is 0.214 e. The number of aryl methyl sites for hydroxylation is 4. The van der Waals surface area contributed by atoms with Gasteiger partial charge in [-0.25, -0.2) is 0 Å². The highest BCUT2D eigenvalue weighted by atomic mass is 16.5. The number of ether oxygens (including phenoxy) is 2. The average molecular weight is 322 g/mol. The van der Waals surface area contributed by atoms with Gasteiger partial charge < -0.3 is 9.47 Å². The van der Waals surface area contributed by atoms with Gasteiger partial charge in [-0.2, -0.15) is 0 Å². The maximum Gasteiger partial charge on any atom is 0.214 e. The molecule has 126 valence electrons. The minimum Gasteiger partial charge on any atom is -0.497 e. The Labute approximate surface area is 146 Å². The van der Waals surface area contributed by atoms with Crippen molar-refractivity contribution >= 4 is 17.6 Å². The number of hydrogen-bond donors (Lipinski definition) is 0. The van der Waals surface area contributed by atoms with Crippen molar-refractivity contribution in [3.63, 3.8) is 0 Å². The van der Waals surface area contributed by atoms with Crippen LogP contribution >= 0.6 is 0 Å². The second-order valence-corrected chi connectivity index (χ2v) is 6.43. The molecule has 0 heterocycles. The molecule has 0 radical (unpaired) electrons. The maximum absolute atomic E-state index is 5.42.